The minimum absolute atomic E-state index is 0. The molecule has 1 rings (SSSR count). The molecule has 2 N–H and O–H groups in total. The van der Waals surface area contributed by atoms with E-state index in [1.54, 1.807) is 0 Å². The van der Waals surface area contributed by atoms with E-state index in [0.717, 1.165) is 6.20 Å². The van der Waals surface area contributed by atoms with Crippen molar-refractivity contribution in [2.75, 3.05) is 5.73 Å². The highest BCUT2D eigenvalue weighted by Gasteiger charge is 2.34. The predicted molar refractivity (Wildman–Crippen MR) is 45.9 cm³/mol. The number of rotatable bonds is 0. The van der Waals surface area contributed by atoms with Crippen LogP contribution >= 0.6 is 24.8 Å². The molecule has 0 amide bonds. The average Bonchev–Trinajstić information content (AvgIpc) is 1.86. The molecule has 0 saturated heterocycles. The fourth-order valence-corrected chi connectivity index (χ4v) is 0.509. The first kappa shape index (κ1) is 14.8. The molecular formula is C5H6Cl2F3N3. The maximum Gasteiger partial charge on any atom is 0.451 e. The van der Waals surface area contributed by atoms with Gasteiger partial charge < -0.3 is 5.73 Å². The molecule has 0 aromatic carbocycles. The van der Waals surface area contributed by atoms with Gasteiger partial charge in [0.05, 0.1) is 0 Å². The van der Waals surface area contributed by atoms with Crippen LogP contribution in [0.2, 0.25) is 0 Å². The highest BCUT2D eigenvalue weighted by atomic mass is 35.5. The Morgan fingerprint density at radius 3 is 2.08 bits per heavy atom. The number of alkyl halides is 3. The summed E-state index contributed by atoms with van der Waals surface area (Å²) in [7, 11) is 0. The van der Waals surface area contributed by atoms with Gasteiger partial charge in [0.25, 0.3) is 0 Å². The summed E-state index contributed by atoms with van der Waals surface area (Å²) >= 11 is 0. The van der Waals surface area contributed by atoms with Crippen molar-refractivity contribution in [3.8, 4) is 0 Å². The Hall–Kier alpha value is -0.750. The van der Waals surface area contributed by atoms with Crippen LogP contribution in [0, 0.1) is 0 Å². The molecule has 0 aliphatic rings. The summed E-state index contributed by atoms with van der Waals surface area (Å²) in [6.45, 7) is 0. The molecule has 1 aromatic rings. The molecule has 76 valence electrons. The number of hydrogen-bond acceptors (Lipinski definition) is 3. The Morgan fingerprint density at radius 1 is 1.23 bits per heavy atom. The summed E-state index contributed by atoms with van der Waals surface area (Å²) < 4.78 is 35.4. The Bertz CT molecular complexity index is 265. The SMILES string of the molecule is Cl.Cl.Nc1ccnc(C(F)(F)F)n1. The molecule has 1 aromatic heterocycles. The van der Waals surface area contributed by atoms with E-state index in [-0.39, 0.29) is 30.6 Å². The third-order valence-corrected chi connectivity index (χ3v) is 0.931. The van der Waals surface area contributed by atoms with Crippen molar-refractivity contribution in [2.24, 2.45) is 0 Å². The van der Waals surface area contributed by atoms with Gasteiger partial charge in [-0.2, -0.15) is 13.2 Å². The summed E-state index contributed by atoms with van der Waals surface area (Å²) in [5.41, 5.74) is 5.00. The molecule has 3 nitrogen and oxygen atoms in total. The Balaban J connectivity index is 0. The Kier molecular flexibility index (Phi) is 5.77. The zero-order valence-corrected chi connectivity index (χ0v) is 7.71. The van der Waals surface area contributed by atoms with Crippen LogP contribution in [0.25, 0.3) is 0 Å². The van der Waals surface area contributed by atoms with E-state index in [1.807, 2.05) is 0 Å². The normalized spacial score (nSPS) is 9.77. The third-order valence-electron chi connectivity index (χ3n) is 0.931. The number of aromatic nitrogens is 2. The van der Waals surface area contributed by atoms with Crippen molar-refractivity contribution in [3.05, 3.63) is 18.1 Å². The number of nitrogens with zero attached hydrogens (tertiary/aromatic N) is 2. The maximum absolute atomic E-state index is 11.8. The zero-order valence-electron chi connectivity index (χ0n) is 6.08. The highest BCUT2D eigenvalue weighted by molar-refractivity contribution is 5.85. The van der Waals surface area contributed by atoms with Crippen LogP contribution in [-0.2, 0) is 6.18 Å². The predicted octanol–water partition coefficient (Wildman–Crippen LogP) is 1.92. The van der Waals surface area contributed by atoms with Crippen molar-refractivity contribution >= 4 is 30.6 Å². The third kappa shape index (κ3) is 4.14. The fraction of sp³-hybridized carbons (Fsp3) is 0.200. The monoisotopic (exact) mass is 235 g/mol. The van der Waals surface area contributed by atoms with Crippen molar-refractivity contribution in [1.82, 2.24) is 9.97 Å². The molecule has 13 heavy (non-hydrogen) atoms. The van der Waals surface area contributed by atoms with E-state index in [2.05, 4.69) is 9.97 Å². The second-order valence-corrected chi connectivity index (χ2v) is 1.80. The molecular weight excluding hydrogens is 230 g/mol. The largest absolute Gasteiger partial charge is 0.451 e. The number of nitrogen functional groups attached to an aromatic ring is 1. The summed E-state index contributed by atoms with van der Waals surface area (Å²) in [5, 5.41) is 0. The van der Waals surface area contributed by atoms with Crippen LogP contribution < -0.4 is 5.73 Å². The van der Waals surface area contributed by atoms with Crippen molar-refractivity contribution in [2.45, 2.75) is 6.18 Å². The average molecular weight is 236 g/mol. The van der Waals surface area contributed by atoms with E-state index >= 15 is 0 Å². The van der Waals surface area contributed by atoms with Crippen molar-refractivity contribution in [1.29, 1.82) is 0 Å². The van der Waals surface area contributed by atoms with Gasteiger partial charge in [-0.1, -0.05) is 0 Å². The molecule has 0 saturated carbocycles. The standard InChI is InChI=1S/C5H4F3N3.2ClH/c6-5(7,8)4-10-2-1-3(9)11-4;;/h1-2H,(H2,9,10,11);2*1H. The fourth-order valence-electron chi connectivity index (χ4n) is 0.509. The first-order valence-electron chi connectivity index (χ1n) is 2.66. The van der Waals surface area contributed by atoms with Gasteiger partial charge in [0, 0.05) is 6.20 Å². The quantitative estimate of drug-likeness (QED) is 0.748. The van der Waals surface area contributed by atoms with Crippen molar-refractivity contribution < 1.29 is 13.2 Å². The van der Waals surface area contributed by atoms with Crippen molar-refractivity contribution in [3.63, 3.8) is 0 Å². The van der Waals surface area contributed by atoms with E-state index in [1.165, 1.54) is 6.07 Å². The van der Waals surface area contributed by atoms with E-state index in [0.29, 0.717) is 0 Å². The number of hydrogen-bond donors (Lipinski definition) is 1. The zero-order chi connectivity index (χ0) is 8.48. The van der Waals surface area contributed by atoms with E-state index in [4.69, 9.17) is 5.73 Å². The van der Waals surface area contributed by atoms with Gasteiger partial charge >= 0.3 is 6.18 Å². The van der Waals surface area contributed by atoms with E-state index < -0.39 is 12.0 Å². The van der Waals surface area contributed by atoms with Gasteiger partial charge in [-0.15, -0.1) is 24.8 Å². The van der Waals surface area contributed by atoms with Gasteiger partial charge in [-0.05, 0) is 6.07 Å². The second kappa shape index (κ2) is 5.08. The molecule has 0 fully saturated rings. The van der Waals surface area contributed by atoms with Crippen LogP contribution in [0.15, 0.2) is 12.3 Å². The minimum atomic E-state index is -4.52. The smallest absolute Gasteiger partial charge is 0.384 e. The molecule has 0 aliphatic carbocycles. The first-order valence-corrected chi connectivity index (χ1v) is 2.66. The topological polar surface area (TPSA) is 51.8 Å². The lowest BCUT2D eigenvalue weighted by molar-refractivity contribution is -0.144. The van der Waals surface area contributed by atoms with Crippen LogP contribution in [-0.4, -0.2) is 9.97 Å². The van der Waals surface area contributed by atoms with Crippen LogP contribution in [0.3, 0.4) is 0 Å². The van der Waals surface area contributed by atoms with Crippen LogP contribution in [0.5, 0.6) is 0 Å². The van der Waals surface area contributed by atoms with Gasteiger partial charge in [-0.25, -0.2) is 9.97 Å². The summed E-state index contributed by atoms with van der Waals surface area (Å²) in [6.07, 6.45) is -3.56. The number of halogens is 5. The second-order valence-electron chi connectivity index (χ2n) is 1.80. The number of nitrogens with two attached hydrogens (primary N) is 1. The summed E-state index contributed by atoms with van der Waals surface area (Å²) in [4.78, 5) is 5.98. The molecule has 8 heteroatoms. The summed E-state index contributed by atoms with van der Waals surface area (Å²) in [5.74, 6) is -1.40. The first-order chi connectivity index (χ1) is 5.00. The molecule has 0 spiro atoms. The van der Waals surface area contributed by atoms with Crippen LogP contribution in [0.4, 0.5) is 19.0 Å². The Morgan fingerprint density at radius 2 is 1.77 bits per heavy atom. The molecule has 0 unspecified atom stereocenters. The molecule has 0 atom stereocenters. The lowest BCUT2D eigenvalue weighted by Gasteiger charge is -2.03. The lowest BCUT2D eigenvalue weighted by atomic mass is 10.5. The molecule has 0 radical (unpaired) electrons. The van der Waals surface area contributed by atoms with Gasteiger partial charge in [-0.3, -0.25) is 0 Å². The van der Waals surface area contributed by atoms with Gasteiger partial charge in [0.15, 0.2) is 0 Å². The van der Waals surface area contributed by atoms with Gasteiger partial charge in [0.1, 0.15) is 5.82 Å². The molecule has 1 heterocycles. The van der Waals surface area contributed by atoms with Crippen LogP contribution in [0.1, 0.15) is 5.82 Å². The minimum Gasteiger partial charge on any atom is -0.384 e. The number of anilines is 1. The highest BCUT2D eigenvalue weighted by Crippen LogP contribution is 2.25. The van der Waals surface area contributed by atoms with E-state index in [9.17, 15) is 13.2 Å². The Labute approximate surface area is 84.4 Å². The molecule has 0 bridgehead atoms. The van der Waals surface area contributed by atoms with Gasteiger partial charge in [0.2, 0.25) is 5.82 Å². The summed E-state index contributed by atoms with van der Waals surface area (Å²) in [6, 6.07) is 1.19. The molecule has 0 aliphatic heterocycles. The maximum atomic E-state index is 11.8. The lowest BCUT2D eigenvalue weighted by Crippen LogP contribution is -2.11.